The third kappa shape index (κ3) is 2.77. The van der Waals surface area contributed by atoms with Gasteiger partial charge in [0.2, 0.25) is 0 Å². The summed E-state index contributed by atoms with van der Waals surface area (Å²) in [5.41, 5.74) is 4.72. The normalized spacial score (nSPS) is 12.7. The second-order valence-electron chi connectivity index (χ2n) is 4.40. The van der Waals surface area contributed by atoms with Gasteiger partial charge in [-0.15, -0.1) is 11.3 Å². The van der Waals surface area contributed by atoms with E-state index in [1.165, 1.54) is 16.5 Å². The van der Waals surface area contributed by atoms with Gasteiger partial charge >= 0.3 is 0 Å². The van der Waals surface area contributed by atoms with Crippen LogP contribution < -0.4 is 11.3 Å². The van der Waals surface area contributed by atoms with Gasteiger partial charge < -0.3 is 0 Å². The monoisotopic (exact) mass is 264 g/mol. The molecule has 4 heteroatoms. The van der Waals surface area contributed by atoms with E-state index in [2.05, 4.69) is 25.3 Å². The summed E-state index contributed by atoms with van der Waals surface area (Å²) in [6, 6.07) is 8.89. The fraction of sp³-hybridized carbons (Fsp3) is 0.286. The summed E-state index contributed by atoms with van der Waals surface area (Å²) in [4.78, 5) is 2.43. The van der Waals surface area contributed by atoms with E-state index in [4.69, 9.17) is 5.84 Å². The predicted molar refractivity (Wildman–Crippen MR) is 74.0 cm³/mol. The van der Waals surface area contributed by atoms with Crippen LogP contribution in [0.15, 0.2) is 30.3 Å². The van der Waals surface area contributed by atoms with Gasteiger partial charge in [-0.25, -0.2) is 4.39 Å². The Bertz CT molecular complexity index is 517. The van der Waals surface area contributed by atoms with E-state index < -0.39 is 0 Å². The molecule has 2 aromatic rings. The van der Waals surface area contributed by atoms with Crippen molar-refractivity contribution in [3.8, 4) is 0 Å². The molecule has 0 aliphatic rings. The van der Waals surface area contributed by atoms with Gasteiger partial charge in [-0.1, -0.05) is 18.2 Å². The molecule has 1 heterocycles. The maximum atomic E-state index is 13.6. The van der Waals surface area contributed by atoms with Crippen LogP contribution in [0.4, 0.5) is 4.39 Å². The van der Waals surface area contributed by atoms with Crippen LogP contribution in [0.5, 0.6) is 0 Å². The number of rotatable bonds is 4. The molecule has 0 saturated carbocycles. The molecule has 0 amide bonds. The number of aryl methyl sites for hydroxylation is 2. The van der Waals surface area contributed by atoms with E-state index in [0.29, 0.717) is 12.0 Å². The summed E-state index contributed by atoms with van der Waals surface area (Å²) in [5.74, 6) is 5.42. The molecule has 1 atom stereocenters. The highest BCUT2D eigenvalue weighted by molar-refractivity contribution is 7.12. The van der Waals surface area contributed by atoms with E-state index in [1.54, 1.807) is 23.5 Å². The van der Waals surface area contributed by atoms with Gasteiger partial charge in [-0.05, 0) is 43.5 Å². The molecule has 1 aromatic carbocycles. The van der Waals surface area contributed by atoms with Crippen molar-refractivity contribution in [2.75, 3.05) is 0 Å². The number of thiophene rings is 1. The van der Waals surface area contributed by atoms with E-state index in [1.807, 2.05) is 6.07 Å². The predicted octanol–water partition coefficient (Wildman–Crippen LogP) is 3.25. The molecule has 1 aromatic heterocycles. The molecular weight excluding hydrogens is 247 g/mol. The van der Waals surface area contributed by atoms with Crippen molar-refractivity contribution in [2.24, 2.45) is 5.84 Å². The lowest BCUT2D eigenvalue weighted by Gasteiger charge is -2.14. The molecule has 2 rings (SSSR count). The third-order valence-electron chi connectivity index (χ3n) is 3.11. The van der Waals surface area contributed by atoms with Gasteiger partial charge in [-0.3, -0.25) is 11.3 Å². The Labute approximate surface area is 111 Å². The number of hydrogen-bond donors (Lipinski definition) is 2. The molecule has 1 unspecified atom stereocenters. The second kappa shape index (κ2) is 5.61. The van der Waals surface area contributed by atoms with Crippen LogP contribution in [0.25, 0.3) is 0 Å². The summed E-state index contributed by atoms with van der Waals surface area (Å²) < 4.78 is 13.6. The standard InChI is InChI=1S/C14H17FN2S/c1-9-7-14(18-10(9)2)13(17-16)8-11-5-3-4-6-12(11)15/h3-7,13,17H,8,16H2,1-2H3. The molecular formula is C14H17FN2S. The van der Waals surface area contributed by atoms with Gasteiger partial charge in [0.1, 0.15) is 5.82 Å². The lowest BCUT2D eigenvalue weighted by atomic mass is 10.0. The topological polar surface area (TPSA) is 38.0 Å². The Hall–Kier alpha value is -1.23. The highest BCUT2D eigenvalue weighted by atomic mass is 32.1. The largest absolute Gasteiger partial charge is 0.271 e. The van der Waals surface area contributed by atoms with Gasteiger partial charge in [0.05, 0.1) is 6.04 Å². The quantitative estimate of drug-likeness (QED) is 0.657. The van der Waals surface area contributed by atoms with Crippen LogP contribution in [0, 0.1) is 19.7 Å². The summed E-state index contributed by atoms with van der Waals surface area (Å²) in [7, 11) is 0. The van der Waals surface area contributed by atoms with Gasteiger partial charge in [-0.2, -0.15) is 0 Å². The zero-order valence-corrected chi connectivity index (χ0v) is 11.4. The van der Waals surface area contributed by atoms with Crippen LogP contribution >= 0.6 is 11.3 Å². The lowest BCUT2D eigenvalue weighted by molar-refractivity contribution is 0.535. The molecule has 0 aliphatic heterocycles. The van der Waals surface area contributed by atoms with E-state index in [9.17, 15) is 4.39 Å². The smallest absolute Gasteiger partial charge is 0.126 e. The van der Waals surface area contributed by atoms with Gasteiger partial charge in [0.15, 0.2) is 0 Å². The molecule has 0 aliphatic carbocycles. The van der Waals surface area contributed by atoms with E-state index in [0.717, 1.165) is 4.88 Å². The summed E-state index contributed by atoms with van der Waals surface area (Å²) in [6.07, 6.45) is 0.558. The summed E-state index contributed by atoms with van der Waals surface area (Å²) >= 11 is 1.71. The molecule has 0 radical (unpaired) electrons. The maximum Gasteiger partial charge on any atom is 0.126 e. The van der Waals surface area contributed by atoms with Crippen LogP contribution in [0.2, 0.25) is 0 Å². The Kier molecular flexibility index (Phi) is 4.11. The lowest BCUT2D eigenvalue weighted by Crippen LogP contribution is -2.29. The Morgan fingerprint density at radius 2 is 2.06 bits per heavy atom. The molecule has 0 bridgehead atoms. The average molecular weight is 264 g/mol. The number of halogens is 1. The van der Waals surface area contributed by atoms with Crippen molar-refractivity contribution < 1.29 is 4.39 Å². The Balaban J connectivity index is 2.22. The SMILES string of the molecule is Cc1cc(C(Cc2ccccc2F)NN)sc1C. The molecule has 18 heavy (non-hydrogen) atoms. The second-order valence-corrected chi connectivity index (χ2v) is 5.69. The fourth-order valence-electron chi connectivity index (χ4n) is 1.90. The number of benzene rings is 1. The van der Waals surface area contributed by atoms with Gasteiger partial charge in [0.25, 0.3) is 0 Å². The number of hydrazine groups is 1. The molecule has 0 saturated heterocycles. The van der Waals surface area contributed by atoms with Crippen molar-refractivity contribution in [3.63, 3.8) is 0 Å². The minimum Gasteiger partial charge on any atom is -0.271 e. The number of hydrogen-bond acceptors (Lipinski definition) is 3. The van der Waals surface area contributed by atoms with Crippen LogP contribution in [-0.4, -0.2) is 0 Å². The zero-order valence-electron chi connectivity index (χ0n) is 10.5. The summed E-state index contributed by atoms with van der Waals surface area (Å²) in [6.45, 7) is 4.16. The van der Waals surface area contributed by atoms with Crippen LogP contribution in [0.1, 0.15) is 26.9 Å². The maximum absolute atomic E-state index is 13.6. The minimum atomic E-state index is -0.178. The zero-order chi connectivity index (χ0) is 13.1. The average Bonchev–Trinajstić information content (AvgIpc) is 2.68. The van der Waals surface area contributed by atoms with Crippen molar-refractivity contribution in [1.29, 1.82) is 0 Å². The van der Waals surface area contributed by atoms with E-state index >= 15 is 0 Å². The highest BCUT2D eigenvalue weighted by Crippen LogP contribution is 2.28. The Morgan fingerprint density at radius 1 is 1.33 bits per heavy atom. The van der Waals surface area contributed by atoms with Crippen LogP contribution in [-0.2, 0) is 6.42 Å². The Morgan fingerprint density at radius 3 is 2.61 bits per heavy atom. The highest BCUT2D eigenvalue weighted by Gasteiger charge is 2.15. The van der Waals surface area contributed by atoms with Crippen molar-refractivity contribution in [2.45, 2.75) is 26.3 Å². The first-order chi connectivity index (χ1) is 8.61. The van der Waals surface area contributed by atoms with Gasteiger partial charge in [0, 0.05) is 9.75 Å². The first kappa shape index (κ1) is 13.2. The number of nitrogens with one attached hydrogen (secondary N) is 1. The van der Waals surface area contributed by atoms with Crippen molar-refractivity contribution in [1.82, 2.24) is 5.43 Å². The summed E-state index contributed by atoms with van der Waals surface area (Å²) in [5, 5.41) is 0. The minimum absolute atomic E-state index is 0.0423. The van der Waals surface area contributed by atoms with Crippen molar-refractivity contribution >= 4 is 11.3 Å². The van der Waals surface area contributed by atoms with Crippen molar-refractivity contribution in [3.05, 3.63) is 57.0 Å². The fourth-order valence-corrected chi connectivity index (χ4v) is 3.00. The molecule has 2 nitrogen and oxygen atoms in total. The molecule has 0 spiro atoms. The molecule has 3 N–H and O–H groups in total. The van der Waals surface area contributed by atoms with E-state index in [-0.39, 0.29) is 11.9 Å². The third-order valence-corrected chi connectivity index (χ3v) is 4.38. The first-order valence-corrected chi connectivity index (χ1v) is 6.70. The van der Waals surface area contributed by atoms with Crippen LogP contribution in [0.3, 0.4) is 0 Å². The molecule has 0 fully saturated rings. The molecule has 96 valence electrons. The first-order valence-electron chi connectivity index (χ1n) is 5.88. The number of nitrogens with two attached hydrogens (primary N) is 1.